The minimum atomic E-state index is 0.0891. The molecule has 2 N–H and O–H groups in total. The Morgan fingerprint density at radius 3 is 2.50 bits per heavy atom. The van der Waals surface area contributed by atoms with E-state index in [4.69, 9.17) is 5.73 Å². The Balaban J connectivity index is 1.67. The first-order valence-corrected chi connectivity index (χ1v) is 8.15. The molecule has 0 bridgehead atoms. The Kier molecular flexibility index (Phi) is 3.97. The van der Waals surface area contributed by atoms with Gasteiger partial charge in [0.1, 0.15) is 5.82 Å². The Morgan fingerprint density at radius 2 is 1.85 bits per heavy atom. The lowest BCUT2D eigenvalue weighted by Gasteiger charge is -2.44. The van der Waals surface area contributed by atoms with Crippen LogP contribution in [0.15, 0.2) is 18.3 Å². The van der Waals surface area contributed by atoms with Gasteiger partial charge in [0.25, 0.3) is 0 Å². The summed E-state index contributed by atoms with van der Waals surface area (Å²) in [5, 5.41) is 0. The van der Waals surface area contributed by atoms with Crippen LogP contribution in [-0.4, -0.2) is 18.1 Å². The summed E-state index contributed by atoms with van der Waals surface area (Å²) in [6.45, 7) is 4.36. The van der Waals surface area contributed by atoms with Gasteiger partial charge in [-0.25, -0.2) is 4.98 Å². The van der Waals surface area contributed by atoms with Crippen molar-refractivity contribution in [2.75, 3.05) is 18.0 Å². The molecule has 0 aromatic carbocycles. The molecule has 3 rings (SSSR count). The summed E-state index contributed by atoms with van der Waals surface area (Å²) >= 11 is 0. The van der Waals surface area contributed by atoms with Gasteiger partial charge in [0.2, 0.25) is 0 Å². The van der Waals surface area contributed by atoms with Gasteiger partial charge in [0.05, 0.1) is 0 Å². The molecule has 1 aliphatic carbocycles. The molecule has 1 spiro atoms. The van der Waals surface area contributed by atoms with E-state index in [9.17, 15) is 0 Å². The molecule has 1 saturated carbocycles. The van der Waals surface area contributed by atoms with Crippen molar-refractivity contribution in [2.24, 2.45) is 11.1 Å². The molecule has 0 unspecified atom stereocenters. The second-order valence-electron chi connectivity index (χ2n) is 6.78. The van der Waals surface area contributed by atoms with E-state index in [2.05, 4.69) is 16.0 Å². The molecule has 1 aromatic rings. The minimum Gasteiger partial charge on any atom is -0.357 e. The van der Waals surface area contributed by atoms with Gasteiger partial charge in [-0.1, -0.05) is 19.3 Å². The molecule has 1 aliphatic heterocycles. The van der Waals surface area contributed by atoms with Gasteiger partial charge in [-0.3, -0.25) is 0 Å². The summed E-state index contributed by atoms with van der Waals surface area (Å²) in [4.78, 5) is 7.00. The Hall–Kier alpha value is -1.09. The van der Waals surface area contributed by atoms with E-state index in [-0.39, 0.29) is 6.04 Å². The Labute approximate surface area is 122 Å². The lowest BCUT2D eigenvalue weighted by molar-refractivity contribution is 0.144. The second kappa shape index (κ2) is 5.72. The minimum absolute atomic E-state index is 0.0891. The third-order valence-corrected chi connectivity index (χ3v) is 5.36. The van der Waals surface area contributed by atoms with Crippen LogP contribution in [0.25, 0.3) is 0 Å². The SMILES string of the molecule is C[C@H](N)c1ccnc(N2CCC3(CCCCC3)CC2)c1. The van der Waals surface area contributed by atoms with Gasteiger partial charge >= 0.3 is 0 Å². The molecule has 1 saturated heterocycles. The highest BCUT2D eigenvalue weighted by molar-refractivity contribution is 5.42. The van der Waals surface area contributed by atoms with E-state index in [1.54, 1.807) is 0 Å². The molecule has 2 heterocycles. The van der Waals surface area contributed by atoms with Crippen molar-refractivity contribution >= 4 is 5.82 Å². The second-order valence-corrected chi connectivity index (χ2v) is 6.78. The average molecular weight is 273 g/mol. The molecule has 1 aromatic heterocycles. The zero-order valence-corrected chi connectivity index (χ0v) is 12.6. The maximum absolute atomic E-state index is 5.98. The number of pyridine rings is 1. The maximum Gasteiger partial charge on any atom is 0.128 e. The highest BCUT2D eigenvalue weighted by Gasteiger charge is 2.35. The molecule has 0 amide bonds. The summed E-state index contributed by atoms with van der Waals surface area (Å²) in [6, 6.07) is 4.29. The number of anilines is 1. The zero-order valence-electron chi connectivity index (χ0n) is 12.6. The number of nitrogens with zero attached hydrogens (tertiary/aromatic N) is 2. The standard InChI is InChI=1S/C17H27N3/c1-14(18)15-5-10-19-16(13-15)20-11-8-17(9-12-20)6-3-2-4-7-17/h5,10,13-14H,2-4,6-9,11-12,18H2,1H3/t14-/m0/s1. The molecule has 2 aliphatic rings. The maximum atomic E-state index is 5.98. The van der Waals surface area contributed by atoms with Crippen molar-refractivity contribution < 1.29 is 0 Å². The average Bonchev–Trinajstić information content (AvgIpc) is 2.49. The van der Waals surface area contributed by atoms with Crippen LogP contribution in [0.1, 0.15) is 63.5 Å². The number of hydrogen-bond donors (Lipinski definition) is 1. The van der Waals surface area contributed by atoms with E-state index in [1.165, 1.54) is 50.5 Å². The number of rotatable bonds is 2. The van der Waals surface area contributed by atoms with Gasteiger partial charge in [0, 0.05) is 25.3 Å². The lowest BCUT2D eigenvalue weighted by atomic mass is 9.68. The molecule has 3 nitrogen and oxygen atoms in total. The molecular weight excluding hydrogens is 246 g/mol. The fourth-order valence-electron chi connectivity index (χ4n) is 3.90. The topological polar surface area (TPSA) is 42.1 Å². The zero-order chi connectivity index (χ0) is 14.0. The number of piperidine rings is 1. The van der Waals surface area contributed by atoms with Crippen molar-refractivity contribution in [3.8, 4) is 0 Å². The quantitative estimate of drug-likeness (QED) is 0.894. The van der Waals surface area contributed by atoms with Crippen LogP contribution < -0.4 is 10.6 Å². The van der Waals surface area contributed by atoms with Gasteiger partial charge < -0.3 is 10.6 Å². The van der Waals surface area contributed by atoms with Gasteiger partial charge in [0.15, 0.2) is 0 Å². The van der Waals surface area contributed by atoms with Crippen molar-refractivity contribution in [3.05, 3.63) is 23.9 Å². The van der Waals surface area contributed by atoms with Gasteiger partial charge in [-0.15, -0.1) is 0 Å². The van der Waals surface area contributed by atoms with Crippen LogP contribution in [0, 0.1) is 5.41 Å². The predicted octanol–water partition coefficient (Wildman–Crippen LogP) is 3.65. The van der Waals surface area contributed by atoms with Crippen molar-refractivity contribution in [1.82, 2.24) is 4.98 Å². The van der Waals surface area contributed by atoms with E-state index in [0.717, 1.165) is 18.9 Å². The van der Waals surface area contributed by atoms with E-state index in [0.29, 0.717) is 5.41 Å². The first-order chi connectivity index (χ1) is 9.69. The smallest absolute Gasteiger partial charge is 0.128 e. The summed E-state index contributed by atoms with van der Waals surface area (Å²) in [5.41, 5.74) is 7.83. The van der Waals surface area contributed by atoms with Crippen LogP contribution in [0.5, 0.6) is 0 Å². The highest BCUT2D eigenvalue weighted by Crippen LogP contribution is 2.44. The summed E-state index contributed by atoms with van der Waals surface area (Å²) in [6.07, 6.45) is 11.8. The van der Waals surface area contributed by atoms with E-state index in [1.807, 2.05) is 19.2 Å². The van der Waals surface area contributed by atoms with Crippen LogP contribution in [0.2, 0.25) is 0 Å². The predicted molar refractivity (Wildman–Crippen MR) is 83.8 cm³/mol. The third-order valence-electron chi connectivity index (χ3n) is 5.36. The van der Waals surface area contributed by atoms with Crippen LogP contribution in [-0.2, 0) is 0 Å². The fraction of sp³-hybridized carbons (Fsp3) is 0.706. The molecule has 2 fully saturated rings. The molecular formula is C17H27N3. The van der Waals surface area contributed by atoms with Gasteiger partial charge in [-0.2, -0.15) is 0 Å². The van der Waals surface area contributed by atoms with Crippen LogP contribution in [0.4, 0.5) is 5.82 Å². The van der Waals surface area contributed by atoms with Crippen molar-refractivity contribution in [2.45, 2.75) is 57.9 Å². The Bertz CT molecular complexity index is 439. The lowest BCUT2D eigenvalue weighted by Crippen LogP contribution is -2.41. The third kappa shape index (κ3) is 2.83. The number of nitrogens with two attached hydrogens (primary N) is 1. The summed E-state index contributed by atoms with van der Waals surface area (Å²) in [7, 11) is 0. The monoisotopic (exact) mass is 273 g/mol. The summed E-state index contributed by atoms with van der Waals surface area (Å²) in [5.74, 6) is 1.12. The first-order valence-electron chi connectivity index (χ1n) is 8.15. The molecule has 110 valence electrons. The molecule has 3 heteroatoms. The highest BCUT2D eigenvalue weighted by atomic mass is 15.2. The largest absolute Gasteiger partial charge is 0.357 e. The van der Waals surface area contributed by atoms with Crippen LogP contribution >= 0.6 is 0 Å². The van der Waals surface area contributed by atoms with Crippen molar-refractivity contribution in [1.29, 1.82) is 0 Å². The fourth-order valence-corrected chi connectivity index (χ4v) is 3.90. The molecule has 20 heavy (non-hydrogen) atoms. The normalized spacial score (nSPS) is 23.8. The van der Waals surface area contributed by atoms with Gasteiger partial charge in [-0.05, 0) is 55.7 Å². The van der Waals surface area contributed by atoms with Crippen LogP contribution in [0.3, 0.4) is 0 Å². The number of hydrogen-bond acceptors (Lipinski definition) is 3. The first kappa shape index (κ1) is 13.9. The Morgan fingerprint density at radius 1 is 1.15 bits per heavy atom. The summed E-state index contributed by atoms with van der Waals surface area (Å²) < 4.78 is 0. The van der Waals surface area contributed by atoms with E-state index < -0.39 is 0 Å². The number of aromatic nitrogens is 1. The van der Waals surface area contributed by atoms with Crippen molar-refractivity contribution in [3.63, 3.8) is 0 Å². The molecule has 0 radical (unpaired) electrons. The van der Waals surface area contributed by atoms with E-state index >= 15 is 0 Å². The molecule has 1 atom stereocenters.